The number of aromatic nitrogens is 3. The minimum absolute atomic E-state index is 0.0412. The third-order valence-corrected chi connectivity index (χ3v) is 6.46. The highest BCUT2D eigenvalue weighted by atomic mass is 32.1. The Labute approximate surface area is 173 Å². The Bertz CT molecular complexity index is 870. The fourth-order valence-electron chi connectivity index (χ4n) is 4.34. The Kier molecular flexibility index (Phi) is 6.08. The number of anilines is 3. The summed E-state index contributed by atoms with van der Waals surface area (Å²) < 4.78 is 5.34. The van der Waals surface area contributed by atoms with Gasteiger partial charge in [0.25, 0.3) is 0 Å². The van der Waals surface area contributed by atoms with Gasteiger partial charge in [-0.2, -0.15) is 15.2 Å². The minimum Gasteiger partial charge on any atom is -0.481 e. The second-order valence-electron chi connectivity index (χ2n) is 7.38. The van der Waals surface area contributed by atoms with Crippen LogP contribution in [0.25, 0.3) is 0 Å². The molecule has 2 fully saturated rings. The zero-order chi connectivity index (χ0) is 20.2. The Morgan fingerprint density at radius 3 is 2.79 bits per heavy atom. The standard InChI is InChI=1S/C19H25N7O2S/c1-28-17-9-16(23-18(24-17)25-19-21-10-15(11-27)29-19)22-12-7-13-3-4-14(8-12)26(13)6-2-5-20/h9-10,12-14,27H,2-4,6-8,11H2,1H3,(H2,21,22,23,24,25)/t12-,13-,14+. The summed E-state index contributed by atoms with van der Waals surface area (Å²) in [6, 6.07) is 5.47. The van der Waals surface area contributed by atoms with Gasteiger partial charge in [0.05, 0.1) is 24.7 Å². The highest BCUT2D eigenvalue weighted by Gasteiger charge is 2.40. The molecule has 154 valence electrons. The van der Waals surface area contributed by atoms with Crippen LogP contribution in [0.3, 0.4) is 0 Å². The molecule has 2 bridgehead atoms. The van der Waals surface area contributed by atoms with Gasteiger partial charge in [0, 0.05) is 43.4 Å². The largest absolute Gasteiger partial charge is 0.481 e. The van der Waals surface area contributed by atoms with E-state index >= 15 is 0 Å². The van der Waals surface area contributed by atoms with Crippen LogP contribution in [0.15, 0.2) is 12.3 Å². The minimum atomic E-state index is -0.0412. The molecule has 29 heavy (non-hydrogen) atoms. The number of nitrogens with zero attached hydrogens (tertiary/aromatic N) is 5. The number of hydrogen-bond acceptors (Lipinski definition) is 10. The van der Waals surface area contributed by atoms with Crippen LogP contribution in [0.1, 0.15) is 37.0 Å². The topological polar surface area (TPSA) is 119 Å². The van der Waals surface area contributed by atoms with E-state index in [2.05, 4.69) is 36.6 Å². The number of aliphatic hydroxyl groups is 1. The summed E-state index contributed by atoms with van der Waals surface area (Å²) >= 11 is 1.36. The van der Waals surface area contributed by atoms with E-state index < -0.39 is 0 Å². The molecule has 0 amide bonds. The third kappa shape index (κ3) is 4.58. The zero-order valence-corrected chi connectivity index (χ0v) is 17.2. The Morgan fingerprint density at radius 1 is 1.34 bits per heavy atom. The van der Waals surface area contributed by atoms with Gasteiger partial charge in [-0.1, -0.05) is 11.3 Å². The number of piperidine rings is 1. The van der Waals surface area contributed by atoms with Crippen molar-refractivity contribution in [2.24, 2.45) is 0 Å². The maximum Gasteiger partial charge on any atom is 0.234 e. The van der Waals surface area contributed by atoms with Crippen LogP contribution in [0.2, 0.25) is 0 Å². The van der Waals surface area contributed by atoms with Gasteiger partial charge in [-0.3, -0.25) is 10.2 Å². The van der Waals surface area contributed by atoms with Crippen LogP contribution >= 0.6 is 11.3 Å². The number of fused-ring (bicyclic) bond motifs is 2. The van der Waals surface area contributed by atoms with Gasteiger partial charge in [-0.05, 0) is 25.7 Å². The molecule has 2 aliphatic heterocycles. The van der Waals surface area contributed by atoms with Gasteiger partial charge in [-0.15, -0.1) is 0 Å². The predicted molar refractivity (Wildman–Crippen MR) is 110 cm³/mol. The number of hydrogen-bond donors (Lipinski definition) is 3. The predicted octanol–water partition coefficient (Wildman–Crippen LogP) is 2.50. The number of thiazole rings is 1. The lowest BCUT2D eigenvalue weighted by Crippen LogP contribution is -2.47. The third-order valence-electron chi connectivity index (χ3n) is 5.56. The molecule has 10 heteroatoms. The summed E-state index contributed by atoms with van der Waals surface area (Å²) in [5, 5.41) is 25.4. The van der Waals surface area contributed by atoms with Gasteiger partial charge in [0.2, 0.25) is 11.8 Å². The molecule has 0 aliphatic carbocycles. The van der Waals surface area contributed by atoms with Crippen molar-refractivity contribution in [3.63, 3.8) is 0 Å². The quantitative estimate of drug-likeness (QED) is 0.597. The summed E-state index contributed by atoms with van der Waals surface area (Å²) in [7, 11) is 1.58. The number of rotatable bonds is 8. The maximum absolute atomic E-state index is 9.20. The van der Waals surface area contributed by atoms with E-state index in [1.165, 1.54) is 24.2 Å². The van der Waals surface area contributed by atoms with E-state index in [4.69, 9.17) is 10.00 Å². The average molecular weight is 416 g/mol. The van der Waals surface area contributed by atoms with E-state index in [1.54, 1.807) is 19.4 Å². The van der Waals surface area contributed by atoms with E-state index in [9.17, 15) is 5.11 Å². The maximum atomic E-state index is 9.20. The van der Waals surface area contributed by atoms with E-state index in [1.807, 2.05) is 0 Å². The molecule has 0 saturated carbocycles. The van der Waals surface area contributed by atoms with Crippen LogP contribution in [-0.4, -0.2) is 56.7 Å². The molecule has 4 heterocycles. The first kappa shape index (κ1) is 19.8. The van der Waals surface area contributed by atoms with Crippen LogP contribution in [0.5, 0.6) is 5.88 Å². The fourth-order valence-corrected chi connectivity index (χ4v) is 5.00. The molecule has 0 unspecified atom stereocenters. The number of methoxy groups -OCH3 is 1. The zero-order valence-electron chi connectivity index (χ0n) is 16.3. The number of nitriles is 1. The molecule has 0 radical (unpaired) electrons. The molecule has 4 rings (SSSR count). The van der Waals surface area contributed by atoms with Gasteiger partial charge in [0.1, 0.15) is 5.82 Å². The number of nitrogens with one attached hydrogen (secondary N) is 2. The Morgan fingerprint density at radius 2 is 2.14 bits per heavy atom. The number of aliphatic hydroxyl groups excluding tert-OH is 1. The molecule has 3 N–H and O–H groups in total. The Hall–Kier alpha value is -2.48. The second kappa shape index (κ2) is 8.90. The van der Waals surface area contributed by atoms with Crippen molar-refractivity contribution in [1.29, 1.82) is 5.26 Å². The monoisotopic (exact) mass is 415 g/mol. The lowest BCUT2D eigenvalue weighted by molar-refractivity contribution is 0.135. The molecule has 0 aromatic carbocycles. The van der Waals surface area contributed by atoms with Gasteiger partial charge < -0.3 is 15.2 Å². The van der Waals surface area contributed by atoms with Gasteiger partial charge in [-0.25, -0.2) is 4.98 Å². The van der Waals surface area contributed by atoms with Gasteiger partial charge in [0.15, 0.2) is 5.13 Å². The highest BCUT2D eigenvalue weighted by Crippen LogP contribution is 2.37. The summed E-state index contributed by atoms with van der Waals surface area (Å²) in [5.41, 5.74) is 0. The first-order chi connectivity index (χ1) is 14.2. The molecular weight excluding hydrogens is 390 g/mol. The van der Waals surface area contributed by atoms with Crippen molar-refractivity contribution < 1.29 is 9.84 Å². The SMILES string of the molecule is COc1cc(N[C@@H]2C[C@H]3CC[C@@H](C2)N3CCC#N)nc(Nc2ncc(CO)s2)n1. The van der Waals surface area contributed by atoms with Crippen LogP contribution in [0.4, 0.5) is 16.9 Å². The normalized spacial score (nSPS) is 23.6. The van der Waals surface area contributed by atoms with Crippen molar-refractivity contribution >= 4 is 28.2 Å². The van der Waals surface area contributed by atoms with E-state index in [-0.39, 0.29) is 6.61 Å². The molecule has 2 aromatic rings. The fraction of sp³-hybridized carbons (Fsp3) is 0.579. The molecule has 0 spiro atoms. The number of ether oxygens (including phenoxy) is 1. The molecule has 9 nitrogen and oxygen atoms in total. The van der Waals surface area contributed by atoms with E-state index in [0.29, 0.717) is 47.3 Å². The summed E-state index contributed by atoms with van der Waals surface area (Å²) in [6.45, 7) is 0.831. The van der Waals surface area contributed by atoms with Gasteiger partial charge >= 0.3 is 0 Å². The lowest BCUT2D eigenvalue weighted by Gasteiger charge is -2.39. The van der Waals surface area contributed by atoms with E-state index in [0.717, 1.165) is 24.3 Å². The second-order valence-corrected chi connectivity index (χ2v) is 8.49. The van der Waals surface area contributed by atoms with Crippen LogP contribution < -0.4 is 15.4 Å². The molecular formula is C19H25N7O2S. The highest BCUT2D eigenvalue weighted by molar-refractivity contribution is 7.15. The first-order valence-corrected chi connectivity index (χ1v) is 10.6. The smallest absolute Gasteiger partial charge is 0.234 e. The van der Waals surface area contributed by atoms with Crippen LogP contribution in [-0.2, 0) is 6.61 Å². The van der Waals surface area contributed by atoms with Crippen molar-refractivity contribution in [3.8, 4) is 11.9 Å². The van der Waals surface area contributed by atoms with Crippen molar-refractivity contribution in [2.45, 2.75) is 56.8 Å². The van der Waals surface area contributed by atoms with Crippen molar-refractivity contribution in [1.82, 2.24) is 19.9 Å². The average Bonchev–Trinajstić information content (AvgIpc) is 3.27. The summed E-state index contributed by atoms with van der Waals surface area (Å²) in [4.78, 5) is 16.4. The van der Waals surface area contributed by atoms with Crippen molar-refractivity contribution in [2.75, 3.05) is 24.3 Å². The van der Waals surface area contributed by atoms with Crippen LogP contribution in [0, 0.1) is 11.3 Å². The molecule has 2 aromatic heterocycles. The lowest BCUT2D eigenvalue weighted by atomic mass is 9.97. The first-order valence-electron chi connectivity index (χ1n) is 9.83. The molecule has 3 atom stereocenters. The summed E-state index contributed by atoms with van der Waals surface area (Å²) in [5.74, 6) is 1.59. The molecule has 2 aliphatic rings. The molecule has 2 saturated heterocycles. The Balaban J connectivity index is 1.44. The summed E-state index contributed by atoms with van der Waals surface area (Å²) in [6.07, 6.45) is 6.71. The van der Waals surface area contributed by atoms with Crippen molar-refractivity contribution in [3.05, 3.63) is 17.1 Å².